The summed E-state index contributed by atoms with van der Waals surface area (Å²) in [5.74, 6) is 1.07. The van der Waals surface area contributed by atoms with Crippen LogP contribution in [0.3, 0.4) is 0 Å². The molecule has 0 spiro atoms. The predicted octanol–water partition coefficient (Wildman–Crippen LogP) is 2.56. The molecule has 4 heteroatoms. The van der Waals surface area contributed by atoms with E-state index in [1.807, 2.05) is 0 Å². The molecule has 0 fully saturated rings. The molecule has 0 atom stereocenters. The minimum absolute atomic E-state index is 0.770. The molecular formula is C16H26N2O2. The average molecular weight is 278 g/mol. The smallest absolute Gasteiger partial charge is 0.122 e. The molecule has 112 valence electrons. The Bertz CT molecular complexity index is 426. The van der Waals surface area contributed by atoms with E-state index in [0.717, 1.165) is 57.9 Å². The van der Waals surface area contributed by atoms with Crippen LogP contribution in [-0.4, -0.2) is 38.3 Å². The minimum Gasteiger partial charge on any atom is -0.468 e. The zero-order valence-electron chi connectivity index (χ0n) is 12.7. The first-order valence-corrected chi connectivity index (χ1v) is 7.48. The largest absolute Gasteiger partial charge is 0.468 e. The summed E-state index contributed by atoms with van der Waals surface area (Å²) in [6, 6.07) is 2.09. The highest BCUT2D eigenvalue weighted by atomic mass is 16.5. The molecule has 0 aromatic carbocycles. The fourth-order valence-corrected chi connectivity index (χ4v) is 2.50. The second-order valence-electron chi connectivity index (χ2n) is 5.33. The summed E-state index contributed by atoms with van der Waals surface area (Å²) in [6.07, 6.45) is 6.35. The molecular weight excluding hydrogens is 252 g/mol. The number of hydrogen-bond donors (Lipinski definition) is 1. The van der Waals surface area contributed by atoms with E-state index >= 15 is 0 Å². The maximum Gasteiger partial charge on any atom is 0.122 e. The van der Waals surface area contributed by atoms with Crippen LogP contribution in [0.2, 0.25) is 0 Å². The average Bonchev–Trinajstić information content (AvgIpc) is 2.89. The van der Waals surface area contributed by atoms with Gasteiger partial charge < -0.3 is 14.5 Å². The van der Waals surface area contributed by atoms with Crippen molar-refractivity contribution in [3.63, 3.8) is 0 Å². The molecule has 0 saturated heterocycles. The fraction of sp³-hybridized carbons (Fsp3) is 0.625. The maximum absolute atomic E-state index is 5.59. The van der Waals surface area contributed by atoms with Crippen molar-refractivity contribution in [2.24, 2.45) is 0 Å². The van der Waals surface area contributed by atoms with E-state index in [9.17, 15) is 0 Å². The third-order valence-electron chi connectivity index (χ3n) is 3.66. The zero-order valence-corrected chi connectivity index (χ0v) is 12.7. The summed E-state index contributed by atoms with van der Waals surface area (Å²) >= 11 is 0. The second-order valence-corrected chi connectivity index (χ2v) is 5.33. The molecule has 1 aliphatic heterocycles. The van der Waals surface area contributed by atoms with Gasteiger partial charge in [-0.25, -0.2) is 0 Å². The van der Waals surface area contributed by atoms with Crippen LogP contribution < -0.4 is 5.32 Å². The van der Waals surface area contributed by atoms with Crippen molar-refractivity contribution in [1.29, 1.82) is 0 Å². The predicted molar refractivity (Wildman–Crippen MR) is 80.6 cm³/mol. The summed E-state index contributed by atoms with van der Waals surface area (Å²) in [4.78, 5) is 2.45. The molecule has 2 rings (SSSR count). The lowest BCUT2D eigenvalue weighted by molar-refractivity contribution is 0.210. The Morgan fingerprint density at radius 3 is 3.05 bits per heavy atom. The van der Waals surface area contributed by atoms with Gasteiger partial charge in [0.1, 0.15) is 5.76 Å². The third kappa shape index (κ3) is 4.47. The lowest BCUT2D eigenvalue weighted by Gasteiger charge is -2.26. The number of hydrogen-bond acceptors (Lipinski definition) is 4. The van der Waals surface area contributed by atoms with Crippen LogP contribution in [0.1, 0.15) is 31.1 Å². The van der Waals surface area contributed by atoms with Crippen molar-refractivity contribution < 1.29 is 9.15 Å². The van der Waals surface area contributed by atoms with E-state index in [0.29, 0.717) is 0 Å². The number of nitrogens with zero attached hydrogens (tertiary/aromatic N) is 1. The minimum atomic E-state index is 0.770. The van der Waals surface area contributed by atoms with Gasteiger partial charge in [-0.3, -0.25) is 4.90 Å². The molecule has 4 nitrogen and oxygen atoms in total. The number of furan rings is 1. The van der Waals surface area contributed by atoms with E-state index in [1.165, 1.54) is 11.1 Å². The Hall–Kier alpha value is -1.10. The number of rotatable bonds is 8. The highest BCUT2D eigenvalue weighted by molar-refractivity contribution is 5.18. The van der Waals surface area contributed by atoms with Crippen LogP contribution >= 0.6 is 0 Å². The van der Waals surface area contributed by atoms with E-state index < -0.39 is 0 Å². The summed E-state index contributed by atoms with van der Waals surface area (Å²) < 4.78 is 10.8. The summed E-state index contributed by atoms with van der Waals surface area (Å²) in [5, 5.41) is 3.40. The quantitative estimate of drug-likeness (QED) is 0.586. The highest BCUT2D eigenvalue weighted by Gasteiger charge is 2.14. The van der Waals surface area contributed by atoms with Crippen LogP contribution in [-0.2, 0) is 17.8 Å². The molecule has 20 heavy (non-hydrogen) atoms. The molecule has 0 saturated carbocycles. The number of ether oxygens (including phenoxy) is 1. The Labute approximate surface area is 121 Å². The monoisotopic (exact) mass is 278 g/mol. The first kappa shape index (κ1) is 15.3. The van der Waals surface area contributed by atoms with Gasteiger partial charge in [0.15, 0.2) is 0 Å². The van der Waals surface area contributed by atoms with E-state index in [4.69, 9.17) is 9.15 Å². The van der Waals surface area contributed by atoms with E-state index in [2.05, 4.69) is 29.3 Å². The standard InChI is InChI=1S/C16H26N2O2/c1-3-7-17-11-16-15(6-10-20-16)12-18-8-4-14(5-9-18)13-19-2/h4,6,10,17H,3,5,7-9,11-13H2,1-2H3. The maximum atomic E-state index is 5.59. The van der Waals surface area contributed by atoms with E-state index in [1.54, 1.807) is 13.4 Å². The van der Waals surface area contributed by atoms with Gasteiger partial charge >= 0.3 is 0 Å². The zero-order chi connectivity index (χ0) is 14.2. The molecule has 1 aromatic rings. The lowest BCUT2D eigenvalue weighted by atomic mass is 10.1. The lowest BCUT2D eigenvalue weighted by Crippen LogP contribution is -2.29. The van der Waals surface area contributed by atoms with Gasteiger partial charge in [-0.1, -0.05) is 13.0 Å². The van der Waals surface area contributed by atoms with Gasteiger partial charge in [0.2, 0.25) is 0 Å². The van der Waals surface area contributed by atoms with Gasteiger partial charge in [-0.2, -0.15) is 0 Å². The summed E-state index contributed by atoms with van der Waals surface area (Å²) in [6.45, 7) is 7.88. The fourth-order valence-electron chi connectivity index (χ4n) is 2.50. The van der Waals surface area contributed by atoms with Gasteiger partial charge in [0.25, 0.3) is 0 Å². The van der Waals surface area contributed by atoms with Crippen LogP contribution in [0.4, 0.5) is 0 Å². The van der Waals surface area contributed by atoms with Crippen LogP contribution in [0.5, 0.6) is 0 Å². The third-order valence-corrected chi connectivity index (χ3v) is 3.66. The number of nitrogens with one attached hydrogen (secondary N) is 1. The van der Waals surface area contributed by atoms with Crippen molar-refractivity contribution in [1.82, 2.24) is 10.2 Å². The van der Waals surface area contributed by atoms with Gasteiger partial charge in [0.05, 0.1) is 19.4 Å². The summed E-state index contributed by atoms with van der Waals surface area (Å²) in [7, 11) is 1.76. The second kappa shape index (κ2) is 8.25. The van der Waals surface area contributed by atoms with Crippen molar-refractivity contribution >= 4 is 0 Å². The first-order valence-electron chi connectivity index (χ1n) is 7.48. The van der Waals surface area contributed by atoms with Gasteiger partial charge in [-0.15, -0.1) is 0 Å². The molecule has 0 unspecified atom stereocenters. The van der Waals surface area contributed by atoms with Gasteiger partial charge in [0, 0.05) is 32.3 Å². The van der Waals surface area contributed by atoms with Crippen molar-refractivity contribution in [2.75, 3.05) is 33.4 Å². The topological polar surface area (TPSA) is 37.6 Å². The number of methoxy groups -OCH3 is 1. The molecule has 2 heterocycles. The van der Waals surface area contributed by atoms with Crippen molar-refractivity contribution in [3.05, 3.63) is 35.3 Å². The Morgan fingerprint density at radius 1 is 1.45 bits per heavy atom. The van der Waals surface area contributed by atoms with Gasteiger partial charge in [-0.05, 0) is 31.0 Å². The van der Waals surface area contributed by atoms with Crippen molar-refractivity contribution in [2.45, 2.75) is 32.9 Å². The highest BCUT2D eigenvalue weighted by Crippen LogP contribution is 2.17. The Balaban J connectivity index is 1.83. The molecule has 0 amide bonds. The SMILES string of the molecule is CCCNCc1occc1CN1CC=C(COC)CC1. The Morgan fingerprint density at radius 2 is 2.35 bits per heavy atom. The molecule has 1 aromatic heterocycles. The summed E-state index contributed by atoms with van der Waals surface area (Å²) in [5.41, 5.74) is 2.72. The molecule has 1 N–H and O–H groups in total. The van der Waals surface area contributed by atoms with Crippen LogP contribution in [0.25, 0.3) is 0 Å². The Kier molecular flexibility index (Phi) is 6.30. The first-order chi connectivity index (χ1) is 9.83. The molecule has 1 aliphatic rings. The molecule has 0 aliphatic carbocycles. The van der Waals surface area contributed by atoms with E-state index in [-0.39, 0.29) is 0 Å². The molecule has 0 bridgehead atoms. The van der Waals surface area contributed by atoms with Crippen LogP contribution in [0, 0.1) is 0 Å². The molecule has 0 radical (unpaired) electrons. The van der Waals surface area contributed by atoms with Crippen molar-refractivity contribution in [3.8, 4) is 0 Å². The normalized spacial score (nSPS) is 16.4. The van der Waals surface area contributed by atoms with Crippen LogP contribution in [0.15, 0.2) is 28.4 Å².